The lowest BCUT2D eigenvalue weighted by Gasteiger charge is -2.13. The predicted molar refractivity (Wildman–Crippen MR) is 44.7 cm³/mol. The molecule has 1 saturated carbocycles. The van der Waals surface area contributed by atoms with Crippen LogP contribution in [0.25, 0.3) is 0 Å². The summed E-state index contributed by atoms with van der Waals surface area (Å²) < 4.78 is 38.5. The molecule has 76 valence electrons. The first-order valence-corrected chi connectivity index (χ1v) is 4.27. The van der Waals surface area contributed by atoms with Crippen molar-refractivity contribution in [3.8, 4) is 0 Å². The minimum absolute atomic E-state index is 0.298. The normalized spacial score (nSPS) is 28.9. The Kier molecular flexibility index (Phi) is 1.86. The van der Waals surface area contributed by atoms with Crippen LogP contribution in [0.3, 0.4) is 0 Å². The van der Waals surface area contributed by atoms with Gasteiger partial charge in [0.25, 0.3) is 5.92 Å². The molecule has 0 heterocycles. The molecule has 1 aromatic carbocycles. The van der Waals surface area contributed by atoms with Gasteiger partial charge in [0.2, 0.25) is 0 Å². The van der Waals surface area contributed by atoms with Crippen LogP contribution in [-0.4, -0.2) is 17.6 Å². The minimum atomic E-state index is -2.86. The summed E-state index contributed by atoms with van der Waals surface area (Å²) in [5, 5.41) is 8.94. The molecule has 4 heteroatoms. The highest BCUT2D eigenvalue weighted by Gasteiger charge is 2.71. The zero-order valence-corrected chi connectivity index (χ0v) is 7.30. The number of hydrogen-bond acceptors (Lipinski definition) is 1. The van der Waals surface area contributed by atoms with Crippen LogP contribution in [0.2, 0.25) is 0 Å². The molecule has 1 aliphatic carbocycles. The second-order valence-electron chi connectivity index (χ2n) is 3.63. The van der Waals surface area contributed by atoms with Crippen LogP contribution in [0.1, 0.15) is 12.0 Å². The van der Waals surface area contributed by atoms with Crippen LogP contribution in [0, 0.1) is 5.82 Å². The zero-order valence-electron chi connectivity index (χ0n) is 7.30. The van der Waals surface area contributed by atoms with Gasteiger partial charge in [0, 0.05) is 6.42 Å². The van der Waals surface area contributed by atoms with E-state index in [1.54, 1.807) is 0 Å². The maximum absolute atomic E-state index is 13.0. The maximum atomic E-state index is 13.0. The van der Waals surface area contributed by atoms with Gasteiger partial charge >= 0.3 is 0 Å². The molecule has 1 fully saturated rings. The van der Waals surface area contributed by atoms with E-state index in [4.69, 9.17) is 5.11 Å². The van der Waals surface area contributed by atoms with E-state index >= 15 is 0 Å². The Morgan fingerprint density at radius 2 is 1.71 bits per heavy atom. The lowest BCUT2D eigenvalue weighted by molar-refractivity contribution is 0.0673. The summed E-state index contributed by atoms with van der Waals surface area (Å²) in [5.41, 5.74) is -1.17. The molecule has 0 aliphatic heterocycles. The van der Waals surface area contributed by atoms with Gasteiger partial charge in [0.05, 0.1) is 12.0 Å². The summed E-state index contributed by atoms with van der Waals surface area (Å²) in [6, 6.07) is 4.85. The summed E-state index contributed by atoms with van der Waals surface area (Å²) >= 11 is 0. The first kappa shape index (κ1) is 9.52. The van der Waals surface area contributed by atoms with Crippen LogP contribution >= 0.6 is 0 Å². The van der Waals surface area contributed by atoms with E-state index in [9.17, 15) is 13.2 Å². The minimum Gasteiger partial charge on any atom is -0.395 e. The van der Waals surface area contributed by atoms with Gasteiger partial charge in [-0.05, 0) is 17.7 Å². The molecular formula is C10H9F3O. The van der Waals surface area contributed by atoms with Crippen LogP contribution in [-0.2, 0) is 5.41 Å². The van der Waals surface area contributed by atoms with Gasteiger partial charge in [-0.15, -0.1) is 0 Å². The van der Waals surface area contributed by atoms with Gasteiger partial charge in [-0.3, -0.25) is 0 Å². The Labute approximate surface area is 79.2 Å². The molecule has 0 aromatic heterocycles. The van der Waals surface area contributed by atoms with Gasteiger partial charge in [0.15, 0.2) is 0 Å². The van der Waals surface area contributed by atoms with Gasteiger partial charge in [-0.25, -0.2) is 13.2 Å². The van der Waals surface area contributed by atoms with Gasteiger partial charge < -0.3 is 5.11 Å². The Hall–Kier alpha value is -1.03. The fourth-order valence-electron chi connectivity index (χ4n) is 1.68. The van der Waals surface area contributed by atoms with Crippen molar-refractivity contribution < 1.29 is 18.3 Å². The largest absolute Gasteiger partial charge is 0.395 e. The number of aliphatic hydroxyl groups excluding tert-OH is 1. The number of hydrogen-bond donors (Lipinski definition) is 1. The van der Waals surface area contributed by atoms with Crippen LogP contribution < -0.4 is 0 Å². The summed E-state index contributed by atoms with van der Waals surface area (Å²) in [5.74, 6) is -3.33. The molecule has 0 amide bonds. The second kappa shape index (κ2) is 2.73. The van der Waals surface area contributed by atoms with Crippen molar-refractivity contribution in [1.29, 1.82) is 0 Å². The van der Waals surface area contributed by atoms with Crippen molar-refractivity contribution in [3.63, 3.8) is 0 Å². The molecule has 1 atom stereocenters. The summed E-state index contributed by atoms with van der Waals surface area (Å²) in [7, 11) is 0. The molecule has 0 radical (unpaired) electrons. The lowest BCUT2D eigenvalue weighted by Crippen LogP contribution is -2.20. The Morgan fingerprint density at radius 3 is 2.07 bits per heavy atom. The molecular weight excluding hydrogens is 193 g/mol. The third kappa shape index (κ3) is 1.14. The standard InChI is InChI=1S/C10H9F3O/c11-8-3-1-7(2-4-8)9(6-14)5-10(9,12)13/h1-4,14H,5-6H2. The molecule has 0 saturated heterocycles. The number of alkyl halides is 2. The molecule has 1 unspecified atom stereocenters. The summed E-state index contributed by atoms with van der Waals surface area (Å²) in [4.78, 5) is 0. The van der Waals surface area contributed by atoms with Crippen molar-refractivity contribution in [2.45, 2.75) is 17.8 Å². The van der Waals surface area contributed by atoms with E-state index in [2.05, 4.69) is 0 Å². The Bertz CT molecular complexity index is 347. The molecule has 1 N–H and O–H groups in total. The monoisotopic (exact) mass is 202 g/mol. The molecule has 0 spiro atoms. The van der Waals surface area contributed by atoms with Crippen molar-refractivity contribution in [1.82, 2.24) is 0 Å². The predicted octanol–water partition coefficient (Wildman–Crippen LogP) is 2.09. The van der Waals surface area contributed by atoms with E-state index in [1.807, 2.05) is 0 Å². The fourth-order valence-corrected chi connectivity index (χ4v) is 1.68. The highest BCUT2D eigenvalue weighted by Crippen LogP contribution is 2.61. The number of rotatable bonds is 2. The van der Waals surface area contributed by atoms with Gasteiger partial charge in [0.1, 0.15) is 5.82 Å². The lowest BCUT2D eigenvalue weighted by atomic mass is 9.96. The average molecular weight is 202 g/mol. The summed E-state index contributed by atoms with van der Waals surface area (Å²) in [6.07, 6.45) is -0.359. The van der Waals surface area contributed by atoms with Crippen molar-refractivity contribution >= 4 is 0 Å². The summed E-state index contributed by atoms with van der Waals surface area (Å²) in [6.45, 7) is -0.606. The van der Waals surface area contributed by atoms with E-state index in [-0.39, 0.29) is 6.42 Å². The van der Waals surface area contributed by atoms with Crippen molar-refractivity contribution in [2.24, 2.45) is 0 Å². The number of halogens is 3. The molecule has 0 bridgehead atoms. The van der Waals surface area contributed by atoms with Crippen molar-refractivity contribution in [2.75, 3.05) is 6.61 Å². The Morgan fingerprint density at radius 1 is 1.21 bits per heavy atom. The second-order valence-corrected chi connectivity index (χ2v) is 3.63. The van der Waals surface area contributed by atoms with Crippen LogP contribution in [0.5, 0.6) is 0 Å². The highest BCUT2D eigenvalue weighted by atomic mass is 19.3. The van der Waals surface area contributed by atoms with Crippen molar-refractivity contribution in [3.05, 3.63) is 35.6 Å². The van der Waals surface area contributed by atoms with Crippen LogP contribution in [0.15, 0.2) is 24.3 Å². The first-order valence-electron chi connectivity index (χ1n) is 4.27. The average Bonchev–Trinajstić information content (AvgIpc) is 2.71. The molecule has 1 nitrogen and oxygen atoms in total. The maximum Gasteiger partial charge on any atom is 0.261 e. The van der Waals surface area contributed by atoms with Gasteiger partial charge in [-0.1, -0.05) is 12.1 Å². The van der Waals surface area contributed by atoms with E-state index < -0.39 is 23.8 Å². The molecule has 1 aromatic rings. The molecule has 14 heavy (non-hydrogen) atoms. The highest BCUT2D eigenvalue weighted by molar-refractivity contribution is 5.37. The van der Waals surface area contributed by atoms with E-state index in [0.717, 1.165) is 12.1 Å². The molecule has 2 rings (SSSR count). The van der Waals surface area contributed by atoms with E-state index in [0.29, 0.717) is 5.56 Å². The van der Waals surface area contributed by atoms with Crippen LogP contribution in [0.4, 0.5) is 13.2 Å². The van der Waals surface area contributed by atoms with E-state index in [1.165, 1.54) is 12.1 Å². The molecule has 1 aliphatic rings. The third-order valence-electron chi connectivity index (χ3n) is 2.77. The smallest absolute Gasteiger partial charge is 0.261 e. The number of aliphatic hydroxyl groups is 1. The van der Waals surface area contributed by atoms with Gasteiger partial charge in [-0.2, -0.15) is 0 Å². The zero-order chi connectivity index (χ0) is 10.4. The topological polar surface area (TPSA) is 20.2 Å². The fraction of sp³-hybridized carbons (Fsp3) is 0.400. The first-order chi connectivity index (χ1) is 6.52. The SMILES string of the molecule is OCC1(c2ccc(F)cc2)CC1(F)F. The Balaban J connectivity index is 2.36. The third-order valence-corrected chi connectivity index (χ3v) is 2.77. The number of benzene rings is 1. The quantitative estimate of drug-likeness (QED) is 0.778.